The first kappa shape index (κ1) is 15.9. The van der Waals surface area contributed by atoms with Crippen molar-refractivity contribution in [2.45, 2.75) is 9.79 Å². The third kappa shape index (κ3) is 3.83. The predicted octanol–water partition coefficient (Wildman–Crippen LogP) is 4.96. The van der Waals surface area contributed by atoms with E-state index >= 15 is 0 Å². The molecule has 24 heavy (non-hydrogen) atoms. The number of nitrogens with one attached hydrogen (secondary N) is 1. The highest BCUT2D eigenvalue weighted by atomic mass is 32.2. The van der Waals surface area contributed by atoms with E-state index in [1.165, 1.54) is 0 Å². The summed E-state index contributed by atoms with van der Waals surface area (Å²) in [6, 6.07) is 26.4. The van der Waals surface area contributed by atoms with Crippen molar-refractivity contribution >= 4 is 23.4 Å². The van der Waals surface area contributed by atoms with Crippen LogP contribution >= 0.6 is 11.8 Å². The monoisotopic (exact) mass is 330 g/mol. The Kier molecular flexibility index (Phi) is 4.95. The summed E-state index contributed by atoms with van der Waals surface area (Å²) in [5.74, 6) is -0.229. The minimum atomic E-state index is -0.229. The van der Waals surface area contributed by atoms with Gasteiger partial charge in [-0.15, -0.1) is 0 Å². The largest absolute Gasteiger partial charge is 0.321 e. The molecule has 0 aliphatic carbocycles. The van der Waals surface area contributed by atoms with E-state index in [9.17, 15) is 4.79 Å². The Morgan fingerprint density at radius 3 is 2.46 bits per heavy atom. The van der Waals surface area contributed by atoms with Crippen LogP contribution in [0.4, 0.5) is 5.69 Å². The number of benzene rings is 3. The Morgan fingerprint density at radius 1 is 0.917 bits per heavy atom. The summed E-state index contributed by atoms with van der Waals surface area (Å²) < 4.78 is 0. The molecule has 0 unspecified atom stereocenters. The zero-order chi connectivity index (χ0) is 16.8. The smallest absolute Gasteiger partial charge is 0.255 e. The molecule has 0 aliphatic rings. The first-order valence-electron chi connectivity index (χ1n) is 7.40. The highest BCUT2D eigenvalue weighted by Gasteiger charge is 2.10. The molecular formula is C20H14N2OS. The van der Waals surface area contributed by atoms with Crippen molar-refractivity contribution in [1.29, 1.82) is 5.26 Å². The molecule has 3 aromatic rings. The van der Waals surface area contributed by atoms with E-state index < -0.39 is 0 Å². The topological polar surface area (TPSA) is 52.9 Å². The second kappa shape index (κ2) is 7.49. The van der Waals surface area contributed by atoms with Crippen molar-refractivity contribution in [2.24, 2.45) is 0 Å². The summed E-state index contributed by atoms with van der Waals surface area (Å²) in [4.78, 5) is 14.5. The maximum atomic E-state index is 12.5. The molecule has 116 valence electrons. The van der Waals surface area contributed by atoms with Gasteiger partial charge in [0.05, 0.1) is 17.3 Å². The first-order valence-corrected chi connectivity index (χ1v) is 8.21. The fourth-order valence-electron chi connectivity index (χ4n) is 2.20. The quantitative estimate of drug-likeness (QED) is 0.735. The van der Waals surface area contributed by atoms with E-state index in [0.29, 0.717) is 11.1 Å². The zero-order valence-electron chi connectivity index (χ0n) is 12.8. The summed E-state index contributed by atoms with van der Waals surface area (Å²) in [6.45, 7) is 0. The molecule has 3 rings (SSSR count). The second-order valence-corrected chi connectivity index (χ2v) is 6.17. The molecule has 0 spiro atoms. The standard InChI is InChI=1S/C20H14N2OS/c21-14-15-7-6-8-16(13-15)20(23)22-18-11-4-5-12-19(18)24-17-9-2-1-3-10-17/h1-13H,(H,22,23). The summed E-state index contributed by atoms with van der Waals surface area (Å²) in [5.41, 5.74) is 1.68. The van der Waals surface area contributed by atoms with Crippen molar-refractivity contribution in [1.82, 2.24) is 0 Å². The average Bonchev–Trinajstić information content (AvgIpc) is 2.64. The normalized spacial score (nSPS) is 9.96. The Morgan fingerprint density at radius 2 is 1.67 bits per heavy atom. The number of nitriles is 1. The Labute approximate surface area is 145 Å². The van der Waals surface area contributed by atoms with E-state index in [1.54, 1.807) is 36.0 Å². The number of hydrogen-bond acceptors (Lipinski definition) is 3. The van der Waals surface area contributed by atoms with Gasteiger partial charge in [-0.2, -0.15) is 5.26 Å². The van der Waals surface area contributed by atoms with E-state index in [2.05, 4.69) is 5.32 Å². The minimum Gasteiger partial charge on any atom is -0.321 e. The maximum Gasteiger partial charge on any atom is 0.255 e. The van der Waals surface area contributed by atoms with Gasteiger partial charge in [-0.1, -0.05) is 48.2 Å². The molecule has 4 heteroatoms. The minimum absolute atomic E-state index is 0.229. The summed E-state index contributed by atoms with van der Waals surface area (Å²) in [6.07, 6.45) is 0. The number of nitrogens with zero attached hydrogens (tertiary/aromatic N) is 1. The highest BCUT2D eigenvalue weighted by molar-refractivity contribution is 7.99. The molecule has 0 saturated carbocycles. The van der Waals surface area contributed by atoms with Crippen LogP contribution in [0.3, 0.4) is 0 Å². The molecule has 0 bridgehead atoms. The van der Waals surface area contributed by atoms with Gasteiger partial charge in [-0.3, -0.25) is 4.79 Å². The molecule has 1 amide bonds. The third-order valence-corrected chi connectivity index (χ3v) is 4.44. The van der Waals surface area contributed by atoms with Crippen molar-refractivity contribution in [3.05, 3.63) is 90.0 Å². The number of rotatable bonds is 4. The lowest BCUT2D eigenvalue weighted by Gasteiger charge is -2.11. The Balaban J connectivity index is 1.82. The number of amides is 1. The maximum absolute atomic E-state index is 12.5. The molecule has 0 heterocycles. The number of para-hydroxylation sites is 1. The molecule has 0 saturated heterocycles. The molecular weight excluding hydrogens is 316 g/mol. The summed E-state index contributed by atoms with van der Waals surface area (Å²) in [7, 11) is 0. The van der Waals surface area contributed by atoms with Crippen LogP contribution in [-0.2, 0) is 0 Å². The SMILES string of the molecule is N#Cc1cccc(C(=O)Nc2ccccc2Sc2ccccc2)c1. The molecule has 3 nitrogen and oxygen atoms in total. The lowest BCUT2D eigenvalue weighted by Crippen LogP contribution is -2.12. The Bertz CT molecular complexity index is 901. The third-order valence-electron chi connectivity index (χ3n) is 3.36. The van der Waals surface area contributed by atoms with Crippen LogP contribution in [0, 0.1) is 11.3 Å². The molecule has 1 N–H and O–H groups in total. The average molecular weight is 330 g/mol. The van der Waals surface area contributed by atoms with Crippen LogP contribution in [0.15, 0.2) is 88.7 Å². The predicted molar refractivity (Wildman–Crippen MR) is 96.1 cm³/mol. The van der Waals surface area contributed by atoms with Gasteiger partial charge >= 0.3 is 0 Å². The molecule has 3 aromatic carbocycles. The fourth-order valence-corrected chi connectivity index (χ4v) is 3.12. The number of hydrogen-bond donors (Lipinski definition) is 1. The molecule has 0 aromatic heterocycles. The van der Waals surface area contributed by atoms with Crippen LogP contribution < -0.4 is 5.32 Å². The number of carbonyl (C=O) groups is 1. The fraction of sp³-hybridized carbons (Fsp3) is 0. The van der Waals surface area contributed by atoms with Crippen molar-refractivity contribution in [3.8, 4) is 6.07 Å². The molecule has 0 radical (unpaired) electrons. The van der Waals surface area contributed by atoms with E-state index in [4.69, 9.17) is 5.26 Å². The first-order chi connectivity index (χ1) is 11.8. The highest BCUT2D eigenvalue weighted by Crippen LogP contribution is 2.33. The van der Waals surface area contributed by atoms with Crippen LogP contribution in [0.1, 0.15) is 15.9 Å². The van der Waals surface area contributed by atoms with Gasteiger partial charge in [0.15, 0.2) is 0 Å². The van der Waals surface area contributed by atoms with Crippen molar-refractivity contribution in [2.75, 3.05) is 5.32 Å². The van der Waals surface area contributed by atoms with Crippen LogP contribution in [0.5, 0.6) is 0 Å². The van der Waals surface area contributed by atoms with Crippen molar-refractivity contribution in [3.63, 3.8) is 0 Å². The van der Waals surface area contributed by atoms with Crippen LogP contribution in [-0.4, -0.2) is 5.91 Å². The second-order valence-electron chi connectivity index (χ2n) is 5.06. The van der Waals surface area contributed by atoms with Crippen molar-refractivity contribution < 1.29 is 4.79 Å². The van der Waals surface area contributed by atoms with Crippen LogP contribution in [0.25, 0.3) is 0 Å². The molecule has 0 aliphatic heterocycles. The lowest BCUT2D eigenvalue weighted by atomic mass is 10.1. The molecule has 0 fully saturated rings. The van der Waals surface area contributed by atoms with Gasteiger partial charge in [0.25, 0.3) is 5.91 Å². The summed E-state index contributed by atoms with van der Waals surface area (Å²) in [5, 5.41) is 11.9. The number of carbonyl (C=O) groups excluding carboxylic acids is 1. The summed E-state index contributed by atoms with van der Waals surface area (Å²) >= 11 is 1.59. The van der Waals surface area contributed by atoms with Gasteiger partial charge in [-0.05, 0) is 42.5 Å². The van der Waals surface area contributed by atoms with Gasteiger partial charge in [0.1, 0.15) is 0 Å². The van der Waals surface area contributed by atoms with E-state index in [-0.39, 0.29) is 5.91 Å². The van der Waals surface area contributed by atoms with Gasteiger partial charge in [-0.25, -0.2) is 0 Å². The van der Waals surface area contributed by atoms with E-state index in [0.717, 1.165) is 15.5 Å². The zero-order valence-corrected chi connectivity index (χ0v) is 13.6. The Hall–Kier alpha value is -3.03. The molecule has 0 atom stereocenters. The van der Waals surface area contributed by atoms with Gasteiger partial charge in [0, 0.05) is 15.4 Å². The van der Waals surface area contributed by atoms with Gasteiger partial charge < -0.3 is 5.32 Å². The number of anilines is 1. The van der Waals surface area contributed by atoms with E-state index in [1.807, 2.05) is 60.7 Å². The van der Waals surface area contributed by atoms with Crippen LogP contribution in [0.2, 0.25) is 0 Å². The van der Waals surface area contributed by atoms with Gasteiger partial charge in [0.2, 0.25) is 0 Å². The lowest BCUT2D eigenvalue weighted by molar-refractivity contribution is 0.102.